The Bertz CT molecular complexity index is 686. The van der Waals surface area contributed by atoms with Crippen LogP contribution in [0, 0.1) is 11.3 Å². The predicted molar refractivity (Wildman–Crippen MR) is 83.0 cm³/mol. The van der Waals surface area contributed by atoms with Gasteiger partial charge in [-0.05, 0) is 31.2 Å². The van der Waals surface area contributed by atoms with Crippen LogP contribution in [-0.2, 0) is 19.6 Å². The number of rotatable bonds is 5. The van der Waals surface area contributed by atoms with Gasteiger partial charge in [0.05, 0.1) is 29.7 Å². The van der Waals surface area contributed by atoms with Crippen molar-refractivity contribution < 1.29 is 17.9 Å². The molecule has 7 nitrogen and oxygen atoms in total. The van der Waals surface area contributed by atoms with E-state index in [1.807, 2.05) is 11.0 Å². The molecule has 0 amide bonds. The molecule has 0 atom stereocenters. The van der Waals surface area contributed by atoms with Crippen molar-refractivity contribution in [3.05, 3.63) is 29.8 Å². The molecule has 1 aliphatic heterocycles. The van der Waals surface area contributed by atoms with Gasteiger partial charge in [-0.1, -0.05) is 0 Å². The zero-order chi connectivity index (χ0) is 16.9. The maximum absolute atomic E-state index is 12.6. The summed E-state index contributed by atoms with van der Waals surface area (Å²) in [5.41, 5.74) is 0.420. The van der Waals surface area contributed by atoms with Crippen molar-refractivity contribution in [1.29, 1.82) is 5.26 Å². The zero-order valence-electron chi connectivity index (χ0n) is 12.9. The first-order valence-electron chi connectivity index (χ1n) is 7.35. The van der Waals surface area contributed by atoms with Crippen molar-refractivity contribution in [2.75, 3.05) is 39.3 Å². The molecule has 1 fully saturated rings. The van der Waals surface area contributed by atoms with Crippen molar-refractivity contribution in [2.24, 2.45) is 0 Å². The van der Waals surface area contributed by atoms with Crippen molar-refractivity contribution in [3.8, 4) is 6.07 Å². The number of carbonyl (C=O) groups excluding carboxylic acids is 1. The number of hydrogen-bond donors (Lipinski definition) is 0. The van der Waals surface area contributed by atoms with Gasteiger partial charge in [0, 0.05) is 26.2 Å². The number of sulfonamides is 1. The van der Waals surface area contributed by atoms with Gasteiger partial charge in [-0.15, -0.1) is 0 Å². The Morgan fingerprint density at radius 2 is 1.83 bits per heavy atom. The maximum Gasteiger partial charge on any atom is 0.320 e. The number of carbonyl (C=O) groups is 1. The molecule has 0 bridgehead atoms. The average molecular weight is 337 g/mol. The number of hydrogen-bond acceptors (Lipinski definition) is 6. The van der Waals surface area contributed by atoms with E-state index in [9.17, 15) is 13.2 Å². The third kappa shape index (κ3) is 4.28. The first kappa shape index (κ1) is 17.4. The summed E-state index contributed by atoms with van der Waals surface area (Å²) < 4.78 is 31.4. The first-order chi connectivity index (χ1) is 11.0. The summed E-state index contributed by atoms with van der Waals surface area (Å²) in [6, 6.07) is 7.83. The highest BCUT2D eigenvalue weighted by molar-refractivity contribution is 7.89. The second-order valence-corrected chi connectivity index (χ2v) is 7.06. The minimum absolute atomic E-state index is 0.176. The molecule has 1 saturated heterocycles. The normalized spacial score (nSPS) is 16.7. The Hall–Kier alpha value is -1.95. The van der Waals surface area contributed by atoms with E-state index in [4.69, 9.17) is 10.00 Å². The van der Waals surface area contributed by atoms with E-state index < -0.39 is 10.0 Å². The second-order valence-electron chi connectivity index (χ2n) is 5.12. The molecule has 0 unspecified atom stereocenters. The minimum atomic E-state index is -3.57. The zero-order valence-corrected chi connectivity index (χ0v) is 13.8. The third-order valence-corrected chi connectivity index (χ3v) is 5.52. The molecule has 0 saturated carbocycles. The Morgan fingerprint density at radius 3 is 2.35 bits per heavy atom. The highest BCUT2D eigenvalue weighted by atomic mass is 32.2. The van der Waals surface area contributed by atoms with Crippen LogP contribution in [0.5, 0.6) is 0 Å². The minimum Gasteiger partial charge on any atom is -0.465 e. The van der Waals surface area contributed by atoms with Crippen LogP contribution in [-0.4, -0.2) is 62.9 Å². The fourth-order valence-electron chi connectivity index (χ4n) is 2.37. The Morgan fingerprint density at radius 1 is 1.22 bits per heavy atom. The average Bonchev–Trinajstić information content (AvgIpc) is 2.55. The molecule has 2 rings (SSSR count). The van der Waals surface area contributed by atoms with E-state index in [1.165, 1.54) is 28.6 Å². The van der Waals surface area contributed by atoms with E-state index in [1.54, 1.807) is 6.92 Å². The number of ether oxygens (including phenoxy) is 1. The highest BCUT2D eigenvalue weighted by Crippen LogP contribution is 2.18. The molecule has 0 radical (unpaired) electrons. The fourth-order valence-corrected chi connectivity index (χ4v) is 3.79. The van der Waals surface area contributed by atoms with Crippen LogP contribution in [0.3, 0.4) is 0 Å². The van der Waals surface area contributed by atoms with Crippen molar-refractivity contribution in [2.45, 2.75) is 11.8 Å². The summed E-state index contributed by atoms with van der Waals surface area (Å²) in [6.45, 7) is 3.87. The van der Waals surface area contributed by atoms with Gasteiger partial charge in [0.1, 0.15) is 0 Å². The molecule has 0 spiro atoms. The van der Waals surface area contributed by atoms with Crippen LogP contribution in [0.15, 0.2) is 29.2 Å². The smallest absolute Gasteiger partial charge is 0.320 e. The molecule has 0 N–H and O–H groups in total. The monoisotopic (exact) mass is 337 g/mol. The van der Waals surface area contributed by atoms with Gasteiger partial charge in [-0.25, -0.2) is 8.42 Å². The number of nitrogens with zero attached hydrogens (tertiary/aromatic N) is 3. The lowest BCUT2D eigenvalue weighted by atomic mass is 10.2. The summed E-state index contributed by atoms with van der Waals surface area (Å²) in [5, 5.41) is 8.77. The van der Waals surface area contributed by atoms with Gasteiger partial charge < -0.3 is 4.74 Å². The van der Waals surface area contributed by atoms with Gasteiger partial charge in [0.15, 0.2) is 0 Å². The standard InChI is InChI=1S/C15H19N3O4S/c1-2-22-15(19)12-17-7-9-18(10-8-17)23(20,21)14-5-3-13(11-16)4-6-14/h3-6H,2,7-10,12H2,1H3. The van der Waals surface area contributed by atoms with Gasteiger partial charge in [0.2, 0.25) is 10.0 Å². The van der Waals surface area contributed by atoms with E-state index in [-0.39, 0.29) is 17.4 Å². The number of esters is 1. The van der Waals surface area contributed by atoms with E-state index >= 15 is 0 Å². The Balaban J connectivity index is 1.98. The summed E-state index contributed by atoms with van der Waals surface area (Å²) in [7, 11) is -3.57. The molecule has 23 heavy (non-hydrogen) atoms. The van der Waals surface area contributed by atoms with Crippen LogP contribution in [0.2, 0.25) is 0 Å². The molecular weight excluding hydrogens is 318 g/mol. The van der Waals surface area contributed by atoms with Crippen LogP contribution in [0.1, 0.15) is 12.5 Å². The largest absolute Gasteiger partial charge is 0.465 e. The van der Waals surface area contributed by atoms with E-state index in [0.29, 0.717) is 38.3 Å². The first-order valence-corrected chi connectivity index (χ1v) is 8.79. The summed E-state index contributed by atoms with van der Waals surface area (Å²) in [4.78, 5) is 13.5. The van der Waals surface area contributed by atoms with Gasteiger partial charge in [-0.2, -0.15) is 9.57 Å². The van der Waals surface area contributed by atoms with Crippen LogP contribution in [0.4, 0.5) is 0 Å². The number of benzene rings is 1. The molecular formula is C15H19N3O4S. The van der Waals surface area contributed by atoms with Gasteiger partial charge >= 0.3 is 5.97 Å². The van der Waals surface area contributed by atoms with Crippen molar-refractivity contribution >= 4 is 16.0 Å². The van der Waals surface area contributed by atoms with Gasteiger partial charge in [0.25, 0.3) is 0 Å². The predicted octanol–water partition coefficient (Wildman–Crippen LogP) is 0.428. The van der Waals surface area contributed by atoms with Crippen LogP contribution < -0.4 is 0 Å². The number of piperazine rings is 1. The lowest BCUT2D eigenvalue weighted by Gasteiger charge is -2.33. The summed E-state index contributed by atoms with van der Waals surface area (Å²) in [5.74, 6) is -0.295. The van der Waals surface area contributed by atoms with Crippen LogP contribution >= 0.6 is 0 Å². The second kappa shape index (κ2) is 7.55. The SMILES string of the molecule is CCOC(=O)CN1CCN(S(=O)(=O)c2ccc(C#N)cc2)CC1. The van der Waals surface area contributed by atoms with E-state index in [0.717, 1.165) is 0 Å². The summed E-state index contributed by atoms with van der Waals surface area (Å²) in [6.07, 6.45) is 0. The van der Waals surface area contributed by atoms with Crippen molar-refractivity contribution in [1.82, 2.24) is 9.21 Å². The number of nitriles is 1. The molecule has 8 heteroatoms. The lowest BCUT2D eigenvalue weighted by molar-refractivity contribution is -0.144. The highest BCUT2D eigenvalue weighted by Gasteiger charge is 2.29. The molecule has 0 aromatic heterocycles. The van der Waals surface area contributed by atoms with E-state index in [2.05, 4.69) is 0 Å². The van der Waals surface area contributed by atoms with Gasteiger partial charge in [-0.3, -0.25) is 9.69 Å². The Kier molecular flexibility index (Phi) is 5.71. The molecule has 1 aliphatic rings. The lowest BCUT2D eigenvalue weighted by Crippen LogP contribution is -2.49. The molecule has 0 aliphatic carbocycles. The van der Waals surface area contributed by atoms with Crippen molar-refractivity contribution in [3.63, 3.8) is 0 Å². The quantitative estimate of drug-likeness (QED) is 0.724. The topological polar surface area (TPSA) is 90.7 Å². The van der Waals surface area contributed by atoms with Crippen LogP contribution in [0.25, 0.3) is 0 Å². The molecule has 1 aromatic carbocycles. The third-order valence-electron chi connectivity index (χ3n) is 3.61. The fraction of sp³-hybridized carbons (Fsp3) is 0.467. The summed E-state index contributed by atoms with van der Waals surface area (Å²) >= 11 is 0. The molecule has 124 valence electrons. The maximum atomic E-state index is 12.6. The Labute approximate surface area is 136 Å². The molecule has 1 aromatic rings. The molecule has 1 heterocycles.